The second-order valence-electron chi connectivity index (χ2n) is 5.84. The summed E-state index contributed by atoms with van der Waals surface area (Å²) < 4.78 is 5.38. The van der Waals surface area contributed by atoms with Crippen LogP contribution in [-0.2, 0) is 9.53 Å². The summed E-state index contributed by atoms with van der Waals surface area (Å²) in [5, 5.41) is 2.61. The molecule has 1 aromatic carbocycles. The van der Waals surface area contributed by atoms with Gasteiger partial charge in [-0.3, -0.25) is 9.69 Å². The Morgan fingerprint density at radius 3 is 2.71 bits per heavy atom. The van der Waals surface area contributed by atoms with Gasteiger partial charge in [-0.1, -0.05) is 12.1 Å². The lowest BCUT2D eigenvalue weighted by Crippen LogP contribution is -2.36. The number of hydrogen-bond acceptors (Lipinski definition) is 4. The van der Waals surface area contributed by atoms with Gasteiger partial charge in [-0.2, -0.15) is 0 Å². The first-order valence-electron chi connectivity index (χ1n) is 7.99. The molecular weight excluding hydrogens is 306 g/mol. The summed E-state index contributed by atoms with van der Waals surface area (Å²) >= 11 is 0. The molecule has 2 fully saturated rings. The first-order chi connectivity index (χ1) is 11.6. The van der Waals surface area contributed by atoms with Gasteiger partial charge in [-0.05, 0) is 36.3 Å². The lowest BCUT2D eigenvalue weighted by molar-refractivity contribution is -0.122. The fourth-order valence-electron chi connectivity index (χ4n) is 2.96. The molecule has 1 N–H and O–H groups in total. The number of ether oxygens (including phenoxy) is 1. The van der Waals surface area contributed by atoms with E-state index in [1.165, 1.54) is 11.8 Å². The minimum atomic E-state index is -0.409. The molecule has 126 valence electrons. The van der Waals surface area contributed by atoms with Crippen LogP contribution in [0.4, 0.5) is 10.5 Å². The van der Waals surface area contributed by atoms with Crippen molar-refractivity contribution in [3.8, 4) is 0 Å². The van der Waals surface area contributed by atoms with E-state index in [0.29, 0.717) is 5.70 Å². The number of rotatable bonds is 4. The van der Waals surface area contributed by atoms with Crippen molar-refractivity contribution >= 4 is 23.7 Å². The average molecular weight is 327 g/mol. The maximum absolute atomic E-state index is 12.2. The average Bonchev–Trinajstić information content (AvgIpc) is 2.84. The molecule has 0 bridgehead atoms. The second kappa shape index (κ2) is 6.88. The smallest absolute Gasteiger partial charge is 0.329 e. The SMILES string of the molecule is C=CCN1C(=O)N/C(=C/c2ccc(N3CCOCC3)c(C)c2)C1=O. The highest BCUT2D eigenvalue weighted by atomic mass is 16.5. The number of nitrogens with zero attached hydrogens (tertiary/aromatic N) is 2. The Kier molecular flexibility index (Phi) is 4.66. The quantitative estimate of drug-likeness (QED) is 0.521. The van der Waals surface area contributed by atoms with Crippen LogP contribution >= 0.6 is 0 Å². The first kappa shape index (κ1) is 16.3. The number of amides is 3. The van der Waals surface area contributed by atoms with Crippen molar-refractivity contribution in [1.29, 1.82) is 0 Å². The van der Waals surface area contributed by atoms with Gasteiger partial charge in [0.2, 0.25) is 0 Å². The van der Waals surface area contributed by atoms with Crippen LogP contribution in [0.25, 0.3) is 6.08 Å². The maximum atomic E-state index is 12.2. The van der Waals surface area contributed by atoms with E-state index in [-0.39, 0.29) is 12.5 Å². The van der Waals surface area contributed by atoms with Crippen LogP contribution in [0.5, 0.6) is 0 Å². The fraction of sp³-hybridized carbons (Fsp3) is 0.333. The normalized spacial score (nSPS) is 19.8. The number of urea groups is 1. The summed E-state index contributed by atoms with van der Waals surface area (Å²) in [5.41, 5.74) is 3.48. The maximum Gasteiger partial charge on any atom is 0.329 e. The van der Waals surface area contributed by atoms with Gasteiger partial charge >= 0.3 is 6.03 Å². The molecule has 3 rings (SSSR count). The molecule has 3 amide bonds. The third kappa shape index (κ3) is 3.19. The number of benzene rings is 1. The molecule has 0 saturated carbocycles. The molecule has 6 heteroatoms. The lowest BCUT2D eigenvalue weighted by Gasteiger charge is -2.30. The number of anilines is 1. The van der Waals surface area contributed by atoms with Gasteiger partial charge in [-0.25, -0.2) is 4.79 Å². The molecule has 2 saturated heterocycles. The molecule has 0 unspecified atom stereocenters. The van der Waals surface area contributed by atoms with Crippen molar-refractivity contribution in [2.24, 2.45) is 0 Å². The van der Waals surface area contributed by atoms with Crippen molar-refractivity contribution in [2.45, 2.75) is 6.92 Å². The summed E-state index contributed by atoms with van der Waals surface area (Å²) in [5.74, 6) is -0.324. The number of carbonyl (C=O) groups excluding carboxylic acids is 2. The van der Waals surface area contributed by atoms with Crippen LogP contribution in [0.1, 0.15) is 11.1 Å². The molecule has 0 radical (unpaired) electrons. The van der Waals surface area contributed by atoms with Crippen molar-refractivity contribution in [3.05, 3.63) is 47.7 Å². The van der Waals surface area contributed by atoms with E-state index in [4.69, 9.17) is 4.74 Å². The van der Waals surface area contributed by atoms with E-state index in [1.54, 1.807) is 6.08 Å². The van der Waals surface area contributed by atoms with Crippen LogP contribution < -0.4 is 10.2 Å². The van der Waals surface area contributed by atoms with Crippen LogP contribution in [-0.4, -0.2) is 49.7 Å². The number of aryl methyl sites for hydroxylation is 1. The Bertz CT molecular complexity index is 705. The molecule has 6 nitrogen and oxygen atoms in total. The molecule has 2 aliphatic rings. The van der Waals surface area contributed by atoms with E-state index in [0.717, 1.165) is 42.3 Å². The Morgan fingerprint density at radius 1 is 1.29 bits per heavy atom. The predicted molar refractivity (Wildman–Crippen MR) is 92.6 cm³/mol. The van der Waals surface area contributed by atoms with Crippen molar-refractivity contribution in [1.82, 2.24) is 10.2 Å². The third-order valence-electron chi connectivity index (χ3n) is 4.16. The molecule has 2 aliphatic heterocycles. The van der Waals surface area contributed by atoms with Crippen molar-refractivity contribution in [3.63, 3.8) is 0 Å². The number of nitrogens with one attached hydrogen (secondary N) is 1. The summed E-state index contributed by atoms with van der Waals surface area (Å²) in [7, 11) is 0. The van der Waals surface area contributed by atoms with Crippen molar-refractivity contribution in [2.75, 3.05) is 37.7 Å². The minimum absolute atomic E-state index is 0.205. The Labute approximate surface area is 141 Å². The van der Waals surface area contributed by atoms with Crippen LogP contribution in [0.2, 0.25) is 0 Å². The summed E-state index contributed by atoms with van der Waals surface area (Å²) in [6.07, 6.45) is 3.24. The minimum Gasteiger partial charge on any atom is -0.378 e. The highest BCUT2D eigenvalue weighted by Crippen LogP contribution is 2.24. The largest absolute Gasteiger partial charge is 0.378 e. The second-order valence-corrected chi connectivity index (χ2v) is 5.84. The molecule has 0 atom stereocenters. The molecule has 24 heavy (non-hydrogen) atoms. The monoisotopic (exact) mass is 327 g/mol. The van der Waals surface area contributed by atoms with E-state index >= 15 is 0 Å². The van der Waals surface area contributed by atoms with Gasteiger partial charge in [0.25, 0.3) is 5.91 Å². The van der Waals surface area contributed by atoms with Gasteiger partial charge < -0.3 is 15.0 Å². The molecule has 1 aromatic rings. The molecule has 0 aromatic heterocycles. The highest BCUT2D eigenvalue weighted by molar-refractivity contribution is 6.14. The van der Waals surface area contributed by atoms with E-state index < -0.39 is 6.03 Å². The third-order valence-corrected chi connectivity index (χ3v) is 4.16. The molecule has 2 heterocycles. The topological polar surface area (TPSA) is 61.9 Å². The number of imide groups is 1. The van der Waals surface area contributed by atoms with Crippen LogP contribution in [0.15, 0.2) is 36.6 Å². The van der Waals surface area contributed by atoms with E-state index in [1.807, 2.05) is 19.1 Å². The number of hydrogen-bond donors (Lipinski definition) is 1. The van der Waals surface area contributed by atoms with Gasteiger partial charge in [0.1, 0.15) is 5.70 Å². The summed E-state index contributed by atoms with van der Waals surface area (Å²) in [6, 6.07) is 5.62. The lowest BCUT2D eigenvalue weighted by atomic mass is 10.1. The predicted octanol–water partition coefficient (Wildman–Crippen LogP) is 1.91. The van der Waals surface area contributed by atoms with E-state index in [2.05, 4.69) is 22.9 Å². The Hall–Kier alpha value is -2.60. The van der Waals surface area contributed by atoms with E-state index in [9.17, 15) is 9.59 Å². The zero-order valence-electron chi connectivity index (χ0n) is 13.7. The highest BCUT2D eigenvalue weighted by Gasteiger charge is 2.32. The first-order valence-corrected chi connectivity index (χ1v) is 7.99. The Balaban J connectivity index is 1.80. The molecule has 0 spiro atoms. The zero-order chi connectivity index (χ0) is 17.1. The Morgan fingerprint density at radius 2 is 2.04 bits per heavy atom. The number of morpholine rings is 1. The standard InChI is InChI=1S/C18H21N3O3/c1-3-6-21-17(22)15(19-18(21)23)12-14-4-5-16(13(2)11-14)20-7-9-24-10-8-20/h3-5,11-12H,1,6-10H2,2H3,(H,19,23)/b15-12+. The fourth-order valence-corrected chi connectivity index (χ4v) is 2.96. The zero-order valence-corrected chi connectivity index (χ0v) is 13.7. The summed E-state index contributed by atoms with van der Waals surface area (Å²) in [4.78, 5) is 27.4. The van der Waals surface area contributed by atoms with Gasteiger partial charge in [-0.15, -0.1) is 6.58 Å². The molecule has 0 aliphatic carbocycles. The van der Waals surface area contributed by atoms with Gasteiger partial charge in [0.05, 0.1) is 13.2 Å². The van der Waals surface area contributed by atoms with Crippen molar-refractivity contribution < 1.29 is 14.3 Å². The van der Waals surface area contributed by atoms with Crippen LogP contribution in [0, 0.1) is 6.92 Å². The van der Waals surface area contributed by atoms with Crippen LogP contribution in [0.3, 0.4) is 0 Å². The number of carbonyl (C=O) groups is 2. The summed E-state index contributed by atoms with van der Waals surface area (Å²) in [6.45, 7) is 9.06. The van der Waals surface area contributed by atoms with Gasteiger partial charge in [0.15, 0.2) is 0 Å². The molecular formula is C18H21N3O3. The van der Waals surface area contributed by atoms with Gasteiger partial charge in [0, 0.05) is 25.3 Å².